The Morgan fingerprint density at radius 1 is 1.19 bits per heavy atom. The third-order valence-corrected chi connectivity index (χ3v) is 4.68. The molecule has 1 aromatic carbocycles. The van der Waals surface area contributed by atoms with Gasteiger partial charge in [0.1, 0.15) is 0 Å². The molecular formula is C16H15Cl3N2. The normalized spacial score (nSPS) is 20.7. The van der Waals surface area contributed by atoms with Gasteiger partial charge in [0.2, 0.25) is 0 Å². The zero-order valence-electron chi connectivity index (χ0n) is 11.3. The summed E-state index contributed by atoms with van der Waals surface area (Å²) < 4.78 is 1.55. The molecule has 0 aliphatic carbocycles. The van der Waals surface area contributed by atoms with Crippen molar-refractivity contribution in [3.8, 4) is 0 Å². The first-order chi connectivity index (χ1) is 9.61. The fraction of sp³-hybridized carbons (Fsp3) is 0.188. The van der Waals surface area contributed by atoms with Crippen LogP contribution in [0.15, 0.2) is 60.9 Å². The van der Waals surface area contributed by atoms with Crippen LogP contribution in [0.2, 0.25) is 0 Å². The average Bonchev–Trinajstić information content (AvgIpc) is 2.46. The molecule has 0 amide bonds. The molecule has 1 aliphatic heterocycles. The maximum atomic E-state index is 6.88. The number of alkyl halides is 1. The zero-order chi connectivity index (χ0) is 14.2. The second-order valence-corrected chi connectivity index (χ2v) is 5.90. The standard InChI is InChI=1S/C16H14Cl2N2.ClH/c1-12-10-13-6-2-3-8-15(13)16(17,20(12)18)11-14-7-4-5-9-19-14;/h2-9H,1,10-11H2;1H. The van der Waals surface area contributed by atoms with E-state index in [0.717, 1.165) is 23.4 Å². The Hall–Kier alpha value is -1.22. The number of allylic oxidation sites excluding steroid dienone is 1. The van der Waals surface area contributed by atoms with Gasteiger partial charge in [-0.2, -0.15) is 0 Å². The zero-order valence-corrected chi connectivity index (χ0v) is 13.6. The Morgan fingerprint density at radius 2 is 1.90 bits per heavy atom. The van der Waals surface area contributed by atoms with E-state index in [-0.39, 0.29) is 12.4 Å². The van der Waals surface area contributed by atoms with Crippen molar-refractivity contribution in [3.05, 3.63) is 77.8 Å². The van der Waals surface area contributed by atoms with E-state index >= 15 is 0 Å². The average molecular weight is 342 g/mol. The molecule has 2 heterocycles. The van der Waals surface area contributed by atoms with Gasteiger partial charge >= 0.3 is 0 Å². The molecule has 5 heteroatoms. The van der Waals surface area contributed by atoms with Crippen LogP contribution >= 0.6 is 35.8 Å². The van der Waals surface area contributed by atoms with Crippen molar-refractivity contribution in [1.82, 2.24) is 9.40 Å². The van der Waals surface area contributed by atoms with E-state index in [2.05, 4.69) is 17.6 Å². The van der Waals surface area contributed by atoms with E-state index in [1.54, 1.807) is 10.6 Å². The molecule has 2 aromatic rings. The smallest absolute Gasteiger partial charge is 0.160 e. The summed E-state index contributed by atoms with van der Waals surface area (Å²) in [6.07, 6.45) is 3.00. The summed E-state index contributed by atoms with van der Waals surface area (Å²) in [5.74, 6) is 0. The Kier molecular flexibility index (Phi) is 4.82. The second-order valence-electron chi connectivity index (χ2n) is 4.94. The van der Waals surface area contributed by atoms with Crippen LogP contribution in [0.1, 0.15) is 16.8 Å². The number of rotatable bonds is 2. The molecule has 1 unspecified atom stereocenters. The number of hydrogen-bond donors (Lipinski definition) is 0. The highest BCUT2D eigenvalue weighted by molar-refractivity contribution is 6.28. The molecule has 2 nitrogen and oxygen atoms in total. The first kappa shape index (κ1) is 16.2. The minimum atomic E-state index is -0.845. The van der Waals surface area contributed by atoms with Crippen LogP contribution in [-0.2, 0) is 17.8 Å². The van der Waals surface area contributed by atoms with Crippen LogP contribution in [0.3, 0.4) is 0 Å². The highest BCUT2D eigenvalue weighted by Gasteiger charge is 2.42. The molecule has 0 saturated carbocycles. The molecule has 1 aromatic heterocycles. The van der Waals surface area contributed by atoms with Gasteiger partial charge in [0.05, 0.1) is 0 Å². The molecule has 0 fully saturated rings. The van der Waals surface area contributed by atoms with Crippen LogP contribution < -0.4 is 0 Å². The molecule has 0 spiro atoms. The van der Waals surface area contributed by atoms with Gasteiger partial charge in [-0.25, -0.2) is 0 Å². The number of benzene rings is 1. The van der Waals surface area contributed by atoms with Crippen LogP contribution in [-0.4, -0.2) is 9.40 Å². The summed E-state index contributed by atoms with van der Waals surface area (Å²) in [7, 11) is 0. The maximum absolute atomic E-state index is 6.88. The molecule has 0 N–H and O–H groups in total. The number of hydrogen-bond acceptors (Lipinski definition) is 2. The number of aromatic nitrogens is 1. The van der Waals surface area contributed by atoms with Gasteiger partial charge in [-0.05, 0) is 23.3 Å². The molecule has 0 bridgehead atoms. The fourth-order valence-corrected chi connectivity index (χ4v) is 3.25. The molecule has 0 radical (unpaired) electrons. The minimum absolute atomic E-state index is 0. The monoisotopic (exact) mass is 340 g/mol. The van der Waals surface area contributed by atoms with Crippen molar-refractivity contribution in [3.63, 3.8) is 0 Å². The van der Waals surface area contributed by atoms with E-state index < -0.39 is 5.00 Å². The Balaban J connectivity index is 0.00000161. The predicted octanol–water partition coefficient (Wildman–Crippen LogP) is 4.66. The van der Waals surface area contributed by atoms with E-state index in [0.29, 0.717) is 6.42 Å². The van der Waals surface area contributed by atoms with E-state index in [9.17, 15) is 0 Å². The second kappa shape index (κ2) is 6.27. The lowest BCUT2D eigenvalue weighted by atomic mass is 9.89. The topological polar surface area (TPSA) is 16.1 Å². The highest BCUT2D eigenvalue weighted by atomic mass is 35.5. The lowest BCUT2D eigenvalue weighted by Crippen LogP contribution is -2.41. The quantitative estimate of drug-likeness (QED) is 0.448. The number of nitrogens with zero attached hydrogens (tertiary/aromatic N) is 2. The number of fused-ring (bicyclic) bond motifs is 1. The maximum Gasteiger partial charge on any atom is 0.160 e. The van der Waals surface area contributed by atoms with E-state index in [1.807, 2.05) is 36.4 Å². The lowest BCUT2D eigenvalue weighted by Gasteiger charge is -2.41. The first-order valence-electron chi connectivity index (χ1n) is 6.42. The molecule has 1 aliphatic rings. The third kappa shape index (κ3) is 2.89. The van der Waals surface area contributed by atoms with Gasteiger partial charge in [-0.15, -0.1) is 12.4 Å². The number of pyridine rings is 1. The molecule has 110 valence electrons. The minimum Gasteiger partial charge on any atom is -0.264 e. The van der Waals surface area contributed by atoms with Crippen molar-refractivity contribution in [1.29, 1.82) is 0 Å². The molecular weight excluding hydrogens is 327 g/mol. The van der Waals surface area contributed by atoms with Gasteiger partial charge in [0, 0.05) is 42.2 Å². The van der Waals surface area contributed by atoms with Crippen molar-refractivity contribution >= 4 is 35.8 Å². The molecule has 21 heavy (non-hydrogen) atoms. The predicted molar refractivity (Wildman–Crippen MR) is 89.7 cm³/mol. The van der Waals surface area contributed by atoms with Crippen molar-refractivity contribution < 1.29 is 0 Å². The van der Waals surface area contributed by atoms with Crippen LogP contribution in [0, 0.1) is 0 Å². The molecule has 3 rings (SSSR count). The molecule has 1 atom stereocenters. The van der Waals surface area contributed by atoms with Gasteiger partial charge in [0.15, 0.2) is 5.00 Å². The summed E-state index contributed by atoms with van der Waals surface area (Å²) in [6.45, 7) is 4.02. The summed E-state index contributed by atoms with van der Waals surface area (Å²) in [6, 6.07) is 13.9. The largest absolute Gasteiger partial charge is 0.264 e. The van der Waals surface area contributed by atoms with Crippen LogP contribution in [0.5, 0.6) is 0 Å². The molecule has 0 saturated heterocycles. The Bertz CT molecular complexity index is 645. The van der Waals surface area contributed by atoms with Gasteiger partial charge in [0.25, 0.3) is 0 Å². The van der Waals surface area contributed by atoms with Crippen molar-refractivity contribution in [2.75, 3.05) is 0 Å². The van der Waals surface area contributed by atoms with Crippen LogP contribution in [0.25, 0.3) is 0 Å². The van der Waals surface area contributed by atoms with E-state index in [4.69, 9.17) is 23.4 Å². The van der Waals surface area contributed by atoms with Crippen molar-refractivity contribution in [2.24, 2.45) is 0 Å². The van der Waals surface area contributed by atoms with E-state index in [1.165, 1.54) is 5.56 Å². The SMILES string of the molecule is C=C1Cc2ccccc2C(Cl)(Cc2ccccn2)N1Cl.Cl. The number of halogens is 3. The Labute approximate surface area is 140 Å². The summed E-state index contributed by atoms with van der Waals surface area (Å²) in [4.78, 5) is 3.51. The summed E-state index contributed by atoms with van der Waals surface area (Å²) >= 11 is 13.3. The summed E-state index contributed by atoms with van der Waals surface area (Å²) in [5.41, 5.74) is 3.89. The lowest BCUT2D eigenvalue weighted by molar-refractivity contribution is 0.327. The van der Waals surface area contributed by atoms with Crippen LogP contribution in [0.4, 0.5) is 0 Å². The fourth-order valence-electron chi connectivity index (χ4n) is 2.60. The highest BCUT2D eigenvalue weighted by Crippen LogP contribution is 2.45. The van der Waals surface area contributed by atoms with Gasteiger partial charge in [-0.3, -0.25) is 9.40 Å². The first-order valence-corrected chi connectivity index (χ1v) is 7.14. The third-order valence-electron chi connectivity index (χ3n) is 3.55. The van der Waals surface area contributed by atoms with Crippen molar-refractivity contribution in [2.45, 2.75) is 17.8 Å². The van der Waals surface area contributed by atoms with Gasteiger partial charge < -0.3 is 0 Å². The van der Waals surface area contributed by atoms with Gasteiger partial charge in [-0.1, -0.05) is 48.5 Å². The Morgan fingerprint density at radius 3 is 2.62 bits per heavy atom. The summed E-state index contributed by atoms with van der Waals surface area (Å²) in [5, 5.41) is 0.